The molecule has 0 radical (unpaired) electrons. The Morgan fingerprint density at radius 2 is 2.12 bits per heavy atom. The average Bonchev–Trinajstić information content (AvgIpc) is 2.75. The number of carbonyl (C=O) groups excluding carboxylic acids is 1. The summed E-state index contributed by atoms with van der Waals surface area (Å²) in [5, 5.41) is 3.27. The zero-order chi connectivity index (χ0) is 12.4. The molecule has 1 unspecified atom stereocenters. The summed E-state index contributed by atoms with van der Waals surface area (Å²) < 4.78 is 5.40. The molecule has 17 heavy (non-hydrogen) atoms. The van der Waals surface area contributed by atoms with Gasteiger partial charge in [-0.2, -0.15) is 0 Å². The molecular formula is C14H19NO2. The van der Waals surface area contributed by atoms with E-state index in [1.807, 2.05) is 39.0 Å². The summed E-state index contributed by atoms with van der Waals surface area (Å²) in [6.07, 6.45) is 0.935. The monoisotopic (exact) mass is 233 g/mol. The summed E-state index contributed by atoms with van der Waals surface area (Å²) in [5.74, 6) is 0.121. The first kappa shape index (κ1) is 12.0. The smallest absolute Gasteiger partial charge is 0.338 e. The molecule has 1 aromatic rings. The van der Waals surface area contributed by atoms with Crippen LogP contribution in [0.3, 0.4) is 0 Å². The standard InChI is InChI=1S/C14H19NO2/c1-9(2)10(3)17-14(16)12-4-5-13-11(8-12)6-7-15-13/h4-5,8-10,15H,6-7H2,1-3H3. The summed E-state index contributed by atoms with van der Waals surface area (Å²) in [7, 11) is 0. The second kappa shape index (κ2) is 4.78. The third-order valence-electron chi connectivity index (χ3n) is 3.28. The van der Waals surface area contributed by atoms with Crippen molar-refractivity contribution in [1.82, 2.24) is 0 Å². The lowest BCUT2D eigenvalue weighted by atomic mass is 10.1. The third-order valence-corrected chi connectivity index (χ3v) is 3.28. The van der Waals surface area contributed by atoms with Crippen LogP contribution >= 0.6 is 0 Å². The summed E-state index contributed by atoms with van der Waals surface area (Å²) in [4.78, 5) is 11.9. The summed E-state index contributed by atoms with van der Waals surface area (Å²) in [6, 6.07) is 5.72. The zero-order valence-electron chi connectivity index (χ0n) is 10.6. The molecule has 1 aromatic carbocycles. The van der Waals surface area contributed by atoms with Crippen LogP contribution in [0.25, 0.3) is 0 Å². The second-order valence-corrected chi connectivity index (χ2v) is 4.90. The van der Waals surface area contributed by atoms with Crippen molar-refractivity contribution in [3.63, 3.8) is 0 Å². The van der Waals surface area contributed by atoms with Crippen LogP contribution in [0.4, 0.5) is 5.69 Å². The van der Waals surface area contributed by atoms with Gasteiger partial charge in [-0.3, -0.25) is 0 Å². The largest absolute Gasteiger partial charge is 0.459 e. The van der Waals surface area contributed by atoms with Gasteiger partial charge in [-0.15, -0.1) is 0 Å². The highest BCUT2D eigenvalue weighted by Gasteiger charge is 2.17. The Kier molecular flexibility index (Phi) is 3.36. The van der Waals surface area contributed by atoms with E-state index in [4.69, 9.17) is 4.74 Å². The second-order valence-electron chi connectivity index (χ2n) is 4.90. The number of ether oxygens (including phenoxy) is 1. The van der Waals surface area contributed by atoms with E-state index in [-0.39, 0.29) is 12.1 Å². The van der Waals surface area contributed by atoms with Gasteiger partial charge in [-0.25, -0.2) is 4.79 Å². The number of hydrogen-bond donors (Lipinski definition) is 1. The summed E-state index contributed by atoms with van der Waals surface area (Å²) >= 11 is 0. The minimum atomic E-state index is -0.221. The molecule has 2 rings (SSSR count). The van der Waals surface area contributed by atoms with E-state index in [1.54, 1.807) is 0 Å². The van der Waals surface area contributed by atoms with Gasteiger partial charge in [0.25, 0.3) is 0 Å². The van der Waals surface area contributed by atoms with Crippen molar-refractivity contribution in [1.29, 1.82) is 0 Å². The summed E-state index contributed by atoms with van der Waals surface area (Å²) in [6.45, 7) is 6.98. The molecule has 1 aliphatic heterocycles. The molecule has 0 aliphatic carbocycles. The predicted octanol–water partition coefficient (Wildman–Crippen LogP) is 2.86. The highest BCUT2D eigenvalue weighted by Crippen LogP contribution is 2.23. The number of hydrogen-bond acceptors (Lipinski definition) is 3. The molecule has 1 atom stereocenters. The Balaban J connectivity index is 2.10. The average molecular weight is 233 g/mol. The topological polar surface area (TPSA) is 38.3 Å². The normalized spacial score (nSPS) is 15.3. The molecule has 0 spiro atoms. The van der Waals surface area contributed by atoms with Gasteiger partial charge in [-0.1, -0.05) is 13.8 Å². The van der Waals surface area contributed by atoms with Crippen molar-refractivity contribution in [3.8, 4) is 0 Å². The van der Waals surface area contributed by atoms with Gasteiger partial charge in [-0.05, 0) is 43.0 Å². The highest BCUT2D eigenvalue weighted by molar-refractivity contribution is 5.90. The number of esters is 1. The molecule has 1 heterocycles. The van der Waals surface area contributed by atoms with Crippen LogP contribution in [0.5, 0.6) is 0 Å². The maximum atomic E-state index is 11.9. The third kappa shape index (κ3) is 2.60. The fraction of sp³-hybridized carbons (Fsp3) is 0.500. The van der Waals surface area contributed by atoms with Gasteiger partial charge in [0.1, 0.15) is 6.10 Å². The number of rotatable bonds is 3. The van der Waals surface area contributed by atoms with E-state index in [2.05, 4.69) is 5.32 Å². The van der Waals surface area contributed by atoms with Crippen molar-refractivity contribution < 1.29 is 9.53 Å². The van der Waals surface area contributed by atoms with Crippen molar-refractivity contribution in [3.05, 3.63) is 29.3 Å². The molecule has 0 bridgehead atoms. The number of carbonyl (C=O) groups is 1. The van der Waals surface area contributed by atoms with E-state index >= 15 is 0 Å². The molecular weight excluding hydrogens is 214 g/mol. The van der Waals surface area contributed by atoms with Crippen LogP contribution in [0.2, 0.25) is 0 Å². The molecule has 92 valence electrons. The Hall–Kier alpha value is -1.51. The Bertz CT molecular complexity index is 426. The number of fused-ring (bicyclic) bond motifs is 1. The molecule has 0 saturated carbocycles. The van der Waals surface area contributed by atoms with Crippen LogP contribution in [-0.2, 0) is 11.2 Å². The molecule has 0 saturated heterocycles. The van der Waals surface area contributed by atoms with Gasteiger partial charge in [0.15, 0.2) is 0 Å². The quantitative estimate of drug-likeness (QED) is 0.816. The van der Waals surface area contributed by atoms with Gasteiger partial charge in [0.05, 0.1) is 5.56 Å². The zero-order valence-corrected chi connectivity index (χ0v) is 10.6. The van der Waals surface area contributed by atoms with Gasteiger partial charge < -0.3 is 10.1 Å². The van der Waals surface area contributed by atoms with E-state index in [0.717, 1.165) is 18.7 Å². The molecule has 3 heteroatoms. The van der Waals surface area contributed by atoms with Crippen molar-refractivity contribution in [2.24, 2.45) is 5.92 Å². The fourth-order valence-electron chi connectivity index (χ4n) is 1.80. The Labute approximate surface area is 102 Å². The molecule has 1 N–H and O–H groups in total. The van der Waals surface area contributed by atoms with Crippen LogP contribution in [-0.4, -0.2) is 18.6 Å². The number of benzene rings is 1. The SMILES string of the molecule is CC(C)C(C)OC(=O)c1ccc2c(c1)CCN2. The predicted molar refractivity (Wildman–Crippen MR) is 68.4 cm³/mol. The first-order chi connectivity index (χ1) is 8.08. The first-order valence-corrected chi connectivity index (χ1v) is 6.15. The van der Waals surface area contributed by atoms with Gasteiger partial charge >= 0.3 is 5.97 Å². The summed E-state index contributed by atoms with van der Waals surface area (Å²) in [5.41, 5.74) is 3.00. The van der Waals surface area contributed by atoms with E-state index in [9.17, 15) is 4.79 Å². The van der Waals surface area contributed by atoms with E-state index in [0.29, 0.717) is 11.5 Å². The van der Waals surface area contributed by atoms with E-state index in [1.165, 1.54) is 5.56 Å². The fourth-order valence-corrected chi connectivity index (χ4v) is 1.80. The molecule has 0 aromatic heterocycles. The maximum absolute atomic E-state index is 11.9. The van der Waals surface area contributed by atoms with Crippen LogP contribution in [0.15, 0.2) is 18.2 Å². The lowest BCUT2D eigenvalue weighted by Gasteiger charge is -2.16. The minimum Gasteiger partial charge on any atom is -0.459 e. The number of anilines is 1. The van der Waals surface area contributed by atoms with Crippen molar-refractivity contribution in [2.45, 2.75) is 33.3 Å². The van der Waals surface area contributed by atoms with Crippen LogP contribution in [0.1, 0.15) is 36.7 Å². The van der Waals surface area contributed by atoms with Crippen LogP contribution in [0, 0.1) is 5.92 Å². The minimum absolute atomic E-state index is 0.0473. The van der Waals surface area contributed by atoms with Gasteiger partial charge in [0, 0.05) is 12.2 Å². The Morgan fingerprint density at radius 1 is 1.35 bits per heavy atom. The number of nitrogens with one attached hydrogen (secondary N) is 1. The highest BCUT2D eigenvalue weighted by atomic mass is 16.5. The lowest BCUT2D eigenvalue weighted by Crippen LogP contribution is -2.20. The molecule has 1 aliphatic rings. The maximum Gasteiger partial charge on any atom is 0.338 e. The van der Waals surface area contributed by atoms with Gasteiger partial charge in [0.2, 0.25) is 0 Å². The molecule has 0 fully saturated rings. The van der Waals surface area contributed by atoms with Crippen molar-refractivity contribution >= 4 is 11.7 Å². The van der Waals surface area contributed by atoms with Crippen molar-refractivity contribution in [2.75, 3.05) is 11.9 Å². The lowest BCUT2D eigenvalue weighted by molar-refractivity contribution is 0.0238. The van der Waals surface area contributed by atoms with Crippen LogP contribution < -0.4 is 5.32 Å². The molecule has 3 nitrogen and oxygen atoms in total. The first-order valence-electron chi connectivity index (χ1n) is 6.15. The molecule has 0 amide bonds. The van der Waals surface area contributed by atoms with E-state index < -0.39 is 0 Å². The Morgan fingerprint density at radius 3 is 2.82 bits per heavy atom.